The minimum atomic E-state index is -1.22. The van der Waals surface area contributed by atoms with Crippen molar-refractivity contribution in [2.75, 3.05) is 0 Å². The number of cyclic esters (lactones) is 2. The molecule has 0 aromatic rings. The van der Waals surface area contributed by atoms with Crippen molar-refractivity contribution in [1.29, 1.82) is 0 Å². The molecule has 0 aromatic heterocycles. The van der Waals surface area contributed by atoms with E-state index in [1.807, 2.05) is 0 Å². The zero-order chi connectivity index (χ0) is 10.9. The fourth-order valence-electron chi connectivity index (χ4n) is 1.28. The fourth-order valence-corrected chi connectivity index (χ4v) is 1.28. The first-order valence-electron chi connectivity index (χ1n) is 4.51. The molecular weight excluding hydrogens is 188 g/mol. The van der Waals surface area contributed by atoms with Gasteiger partial charge in [-0.05, 0) is 6.42 Å². The Morgan fingerprint density at radius 2 is 1.79 bits per heavy atom. The lowest BCUT2D eigenvalue weighted by Crippen LogP contribution is -2.50. The first-order valence-corrected chi connectivity index (χ1v) is 4.51. The third-order valence-corrected chi connectivity index (χ3v) is 2.00. The number of hydrogen-bond acceptors (Lipinski definition) is 5. The molecule has 0 spiro atoms. The summed E-state index contributed by atoms with van der Waals surface area (Å²) in [7, 11) is 0. The number of hydrogen-bond donors (Lipinski definition) is 1. The molecular formula is C9H14O5. The SMILES string of the molecule is CCC(O)C1C(=O)OC(C)(C)OC1=O. The molecule has 1 rings (SSSR count). The van der Waals surface area contributed by atoms with Crippen LogP contribution in [0.4, 0.5) is 0 Å². The van der Waals surface area contributed by atoms with Gasteiger partial charge in [0.25, 0.3) is 5.79 Å². The minimum absolute atomic E-state index is 0.301. The standard InChI is InChI=1S/C9H14O5/c1-4-5(10)6-7(11)13-9(2,3)14-8(6)12/h5-6,10H,4H2,1-3H3. The van der Waals surface area contributed by atoms with Crippen molar-refractivity contribution in [2.24, 2.45) is 5.92 Å². The second-order valence-corrected chi connectivity index (χ2v) is 3.70. The number of aliphatic hydroxyl groups is 1. The highest BCUT2D eigenvalue weighted by Crippen LogP contribution is 2.25. The smallest absolute Gasteiger partial charge is 0.326 e. The summed E-state index contributed by atoms with van der Waals surface area (Å²) in [6.07, 6.45) is -0.735. The minimum Gasteiger partial charge on any atom is -0.422 e. The number of carbonyl (C=O) groups excluding carboxylic acids is 2. The summed E-state index contributed by atoms with van der Waals surface area (Å²) in [5, 5.41) is 9.39. The van der Waals surface area contributed by atoms with Crippen molar-refractivity contribution in [2.45, 2.75) is 39.1 Å². The summed E-state index contributed by atoms with van der Waals surface area (Å²) in [6.45, 7) is 4.61. The summed E-state index contributed by atoms with van der Waals surface area (Å²) in [5.74, 6) is -3.87. The fraction of sp³-hybridized carbons (Fsp3) is 0.778. The van der Waals surface area contributed by atoms with Gasteiger partial charge in [-0.3, -0.25) is 9.59 Å². The summed E-state index contributed by atoms with van der Waals surface area (Å²) >= 11 is 0. The molecule has 1 fully saturated rings. The van der Waals surface area contributed by atoms with Crippen molar-refractivity contribution in [3.05, 3.63) is 0 Å². The topological polar surface area (TPSA) is 72.8 Å². The van der Waals surface area contributed by atoms with Crippen LogP contribution in [0.15, 0.2) is 0 Å². The molecule has 1 N–H and O–H groups in total. The van der Waals surface area contributed by atoms with Gasteiger partial charge in [-0.1, -0.05) is 6.92 Å². The largest absolute Gasteiger partial charge is 0.422 e. The van der Waals surface area contributed by atoms with Crippen LogP contribution >= 0.6 is 0 Å². The lowest BCUT2D eigenvalue weighted by molar-refractivity contribution is -0.244. The zero-order valence-electron chi connectivity index (χ0n) is 8.44. The molecule has 5 nitrogen and oxygen atoms in total. The van der Waals surface area contributed by atoms with Gasteiger partial charge in [-0.25, -0.2) is 0 Å². The van der Waals surface area contributed by atoms with E-state index in [9.17, 15) is 14.7 Å². The molecule has 0 radical (unpaired) electrons. The number of rotatable bonds is 2. The van der Waals surface area contributed by atoms with Crippen LogP contribution in [-0.4, -0.2) is 28.9 Å². The van der Waals surface area contributed by atoms with E-state index in [2.05, 4.69) is 0 Å². The molecule has 14 heavy (non-hydrogen) atoms. The van der Waals surface area contributed by atoms with Crippen LogP contribution in [0, 0.1) is 5.92 Å². The molecule has 0 aromatic carbocycles. The van der Waals surface area contributed by atoms with Crippen LogP contribution < -0.4 is 0 Å². The van der Waals surface area contributed by atoms with Crippen molar-refractivity contribution >= 4 is 11.9 Å². The van der Waals surface area contributed by atoms with Crippen molar-refractivity contribution in [1.82, 2.24) is 0 Å². The van der Waals surface area contributed by atoms with E-state index in [1.54, 1.807) is 6.92 Å². The van der Waals surface area contributed by atoms with E-state index in [0.29, 0.717) is 6.42 Å². The average molecular weight is 202 g/mol. The van der Waals surface area contributed by atoms with E-state index in [-0.39, 0.29) is 0 Å². The Bertz CT molecular complexity index is 238. The first-order chi connectivity index (χ1) is 6.37. The zero-order valence-corrected chi connectivity index (χ0v) is 8.44. The van der Waals surface area contributed by atoms with Gasteiger partial charge >= 0.3 is 11.9 Å². The Hall–Kier alpha value is -1.10. The monoisotopic (exact) mass is 202 g/mol. The maximum Gasteiger partial charge on any atom is 0.326 e. The Morgan fingerprint density at radius 3 is 2.14 bits per heavy atom. The van der Waals surface area contributed by atoms with Crippen molar-refractivity contribution in [3.63, 3.8) is 0 Å². The van der Waals surface area contributed by atoms with Crippen LogP contribution in [0.5, 0.6) is 0 Å². The lowest BCUT2D eigenvalue weighted by atomic mass is 9.99. The van der Waals surface area contributed by atoms with Crippen LogP contribution in [0.3, 0.4) is 0 Å². The maximum absolute atomic E-state index is 11.3. The van der Waals surface area contributed by atoms with Crippen molar-refractivity contribution < 1.29 is 24.2 Å². The normalized spacial score (nSPS) is 24.0. The molecule has 1 heterocycles. The Labute approximate surface area is 82.0 Å². The van der Waals surface area contributed by atoms with Gasteiger partial charge in [-0.15, -0.1) is 0 Å². The van der Waals surface area contributed by atoms with Gasteiger partial charge in [0.05, 0.1) is 6.10 Å². The van der Waals surface area contributed by atoms with Crippen LogP contribution in [0.1, 0.15) is 27.2 Å². The van der Waals surface area contributed by atoms with Crippen molar-refractivity contribution in [3.8, 4) is 0 Å². The highest BCUT2D eigenvalue weighted by atomic mass is 16.7. The van der Waals surface area contributed by atoms with Gasteiger partial charge in [0, 0.05) is 13.8 Å². The maximum atomic E-state index is 11.3. The third-order valence-electron chi connectivity index (χ3n) is 2.00. The Kier molecular flexibility index (Phi) is 2.80. The number of esters is 2. The molecule has 0 amide bonds. The quantitative estimate of drug-likeness (QED) is 0.512. The van der Waals surface area contributed by atoms with Gasteiger partial charge in [-0.2, -0.15) is 0 Å². The highest BCUT2D eigenvalue weighted by Gasteiger charge is 2.46. The van der Waals surface area contributed by atoms with E-state index < -0.39 is 29.7 Å². The molecule has 1 aliphatic heterocycles. The lowest BCUT2D eigenvalue weighted by Gasteiger charge is -2.34. The summed E-state index contributed by atoms with van der Waals surface area (Å²) in [4.78, 5) is 22.7. The highest BCUT2D eigenvalue weighted by molar-refractivity contribution is 5.97. The number of carbonyl (C=O) groups is 2. The van der Waals surface area contributed by atoms with Gasteiger partial charge < -0.3 is 14.6 Å². The predicted octanol–water partition coefficient (Wildman–Crippen LogP) is 0.210. The summed E-state index contributed by atoms with van der Waals surface area (Å²) in [5.41, 5.74) is 0. The average Bonchev–Trinajstić information content (AvgIpc) is 1.99. The predicted molar refractivity (Wildman–Crippen MR) is 46.1 cm³/mol. The van der Waals surface area contributed by atoms with Gasteiger partial charge in [0.1, 0.15) is 0 Å². The molecule has 5 heteroatoms. The summed E-state index contributed by atoms with van der Waals surface area (Å²) < 4.78 is 9.68. The number of ether oxygens (including phenoxy) is 2. The Morgan fingerprint density at radius 1 is 1.36 bits per heavy atom. The second-order valence-electron chi connectivity index (χ2n) is 3.70. The molecule has 1 aliphatic rings. The number of aliphatic hydroxyl groups excluding tert-OH is 1. The molecule has 1 saturated heterocycles. The van der Waals surface area contributed by atoms with E-state index >= 15 is 0 Å². The van der Waals surface area contributed by atoms with Crippen LogP contribution in [0.2, 0.25) is 0 Å². The third kappa shape index (κ3) is 2.04. The van der Waals surface area contributed by atoms with E-state index in [1.165, 1.54) is 13.8 Å². The molecule has 0 bridgehead atoms. The van der Waals surface area contributed by atoms with Crippen LogP contribution in [0.25, 0.3) is 0 Å². The molecule has 0 saturated carbocycles. The molecule has 1 unspecified atom stereocenters. The molecule has 80 valence electrons. The Balaban J connectivity index is 2.81. The summed E-state index contributed by atoms with van der Waals surface area (Å²) in [6, 6.07) is 0. The molecule has 1 atom stereocenters. The van der Waals surface area contributed by atoms with E-state index in [4.69, 9.17) is 9.47 Å². The van der Waals surface area contributed by atoms with Gasteiger partial charge in [0.2, 0.25) is 0 Å². The second kappa shape index (κ2) is 3.57. The first kappa shape index (κ1) is 11.0. The van der Waals surface area contributed by atoms with Crippen LogP contribution in [-0.2, 0) is 19.1 Å². The van der Waals surface area contributed by atoms with Gasteiger partial charge in [0.15, 0.2) is 5.92 Å². The molecule has 0 aliphatic carbocycles. The van der Waals surface area contributed by atoms with E-state index in [0.717, 1.165) is 0 Å².